The number of fused-ring (bicyclic) bond motifs is 1. The first kappa shape index (κ1) is 10.1. The molecule has 4 heteroatoms. The van der Waals surface area contributed by atoms with Crippen molar-refractivity contribution >= 4 is 38.6 Å². The van der Waals surface area contributed by atoms with E-state index in [0.717, 1.165) is 21.6 Å². The third kappa shape index (κ3) is 1.83. The number of thiazole rings is 1. The first-order valence-corrected chi connectivity index (χ1v) is 6.16. The average Bonchev–Trinajstić information content (AvgIpc) is 2.83. The minimum Gasteiger partial charge on any atom is -0.395 e. The molecule has 0 atom stereocenters. The van der Waals surface area contributed by atoms with Gasteiger partial charge in [-0.05, 0) is 24.3 Å². The van der Waals surface area contributed by atoms with Gasteiger partial charge in [-0.15, -0.1) is 11.3 Å². The third-order valence-electron chi connectivity index (χ3n) is 2.59. The van der Waals surface area contributed by atoms with E-state index in [1.807, 2.05) is 48.0 Å². The van der Waals surface area contributed by atoms with Gasteiger partial charge in [0.15, 0.2) is 0 Å². The van der Waals surface area contributed by atoms with Gasteiger partial charge in [0.1, 0.15) is 5.52 Å². The van der Waals surface area contributed by atoms with Gasteiger partial charge in [0.05, 0.1) is 21.6 Å². The summed E-state index contributed by atoms with van der Waals surface area (Å²) in [5.74, 6) is 0. The summed E-state index contributed by atoms with van der Waals surface area (Å²) in [6, 6.07) is 14.0. The molecule has 0 amide bonds. The average molecular weight is 241 g/mol. The number of nitrogens with one attached hydrogen (secondary N) is 1. The summed E-state index contributed by atoms with van der Waals surface area (Å²) < 4.78 is 1.11. The van der Waals surface area contributed by atoms with Crippen LogP contribution in [0.5, 0.6) is 0 Å². The quantitative estimate of drug-likeness (QED) is 0.674. The summed E-state index contributed by atoms with van der Waals surface area (Å²) in [7, 11) is 0. The maximum atomic E-state index is 6.09. The van der Waals surface area contributed by atoms with Gasteiger partial charge < -0.3 is 11.1 Å². The second-order valence-electron chi connectivity index (χ2n) is 3.72. The van der Waals surface area contributed by atoms with Crippen molar-refractivity contribution in [2.24, 2.45) is 0 Å². The standard InChI is InChI=1S/C13H11N3S/c14-12-10(16-9-4-2-1-3-5-9)6-7-11-13(12)15-8-17-11/h1-8,16H,14H2. The molecule has 17 heavy (non-hydrogen) atoms. The maximum absolute atomic E-state index is 6.09. The van der Waals surface area contributed by atoms with Gasteiger partial charge in [0.25, 0.3) is 0 Å². The van der Waals surface area contributed by atoms with E-state index in [1.165, 1.54) is 0 Å². The molecule has 3 aromatic rings. The highest BCUT2D eigenvalue weighted by atomic mass is 32.1. The van der Waals surface area contributed by atoms with Gasteiger partial charge in [-0.1, -0.05) is 18.2 Å². The largest absolute Gasteiger partial charge is 0.395 e. The van der Waals surface area contributed by atoms with Gasteiger partial charge in [-0.3, -0.25) is 0 Å². The number of hydrogen-bond acceptors (Lipinski definition) is 4. The molecule has 3 N–H and O–H groups in total. The lowest BCUT2D eigenvalue weighted by atomic mass is 10.2. The number of nitrogen functional groups attached to an aromatic ring is 1. The van der Waals surface area contributed by atoms with E-state index >= 15 is 0 Å². The Morgan fingerprint density at radius 1 is 1.06 bits per heavy atom. The van der Waals surface area contributed by atoms with Gasteiger partial charge in [-0.25, -0.2) is 4.98 Å². The molecule has 0 saturated carbocycles. The SMILES string of the molecule is Nc1c(Nc2ccccc2)ccc2scnc12. The van der Waals surface area contributed by atoms with E-state index in [0.29, 0.717) is 5.69 Å². The molecule has 3 nitrogen and oxygen atoms in total. The highest BCUT2D eigenvalue weighted by Gasteiger charge is 2.06. The second-order valence-corrected chi connectivity index (χ2v) is 4.60. The molecule has 0 saturated heterocycles. The van der Waals surface area contributed by atoms with Crippen molar-refractivity contribution in [3.63, 3.8) is 0 Å². The molecule has 2 aromatic carbocycles. The molecule has 0 aliphatic heterocycles. The van der Waals surface area contributed by atoms with Crippen LogP contribution in [0.3, 0.4) is 0 Å². The zero-order valence-corrected chi connectivity index (χ0v) is 9.87. The van der Waals surface area contributed by atoms with Gasteiger partial charge in [-0.2, -0.15) is 0 Å². The van der Waals surface area contributed by atoms with Gasteiger partial charge >= 0.3 is 0 Å². The molecule has 0 fully saturated rings. The van der Waals surface area contributed by atoms with E-state index < -0.39 is 0 Å². The van der Waals surface area contributed by atoms with Crippen molar-refractivity contribution in [1.82, 2.24) is 4.98 Å². The van der Waals surface area contributed by atoms with Crippen LogP contribution in [0.1, 0.15) is 0 Å². The smallest absolute Gasteiger partial charge is 0.106 e. The Kier molecular flexibility index (Phi) is 2.42. The predicted octanol–water partition coefficient (Wildman–Crippen LogP) is 3.62. The van der Waals surface area contributed by atoms with Crippen LogP contribution >= 0.6 is 11.3 Å². The lowest BCUT2D eigenvalue weighted by molar-refractivity contribution is 1.49. The van der Waals surface area contributed by atoms with Crippen molar-refractivity contribution in [1.29, 1.82) is 0 Å². The Bertz CT molecular complexity index is 646. The highest BCUT2D eigenvalue weighted by Crippen LogP contribution is 2.31. The lowest BCUT2D eigenvalue weighted by Gasteiger charge is -2.09. The van der Waals surface area contributed by atoms with Gasteiger partial charge in [0.2, 0.25) is 0 Å². The summed E-state index contributed by atoms with van der Waals surface area (Å²) in [4.78, 5) is 4.27. The number of anilines is 3. The number of aromatic nitrogens is 1. The van der Waals surface area contributed by atoms with E-state index in [-0.39, 0.29) is 0 Å². The van der Waals surface area contributed by atoms with Crippen molar-refractivity contribution in [2.75, 3.05) is 11.1 Å². The van der Waals surface area contributed by atoms with Crippen LogP contribution < -0.4 is 11.1 Å². The maximum Gasteiger partial charge on any atom is 0.106 e. The molecule has 0 aliphatic rings. The number of hydrogen-bond donors (Lipinski definition) is 2. The summed E-state index contributed by atoms with van der Waals surface area (Å²) >= 11 is 1.60. The Balaban J connectivity index is 2.03. The number of nitrogens with two attached hydrogens (primary N) is 1. The molecule has 1 aromatic heterocycles. The Morgan fingerprint density at radius 2 is 1.88 bits per heavy atom. The van der Waals surface area contributed by atoms with Crippen LogP contribution in [0.15, 0.2) is 48.0 Å². The molecular formula is C13H11N3S. The van der Waals surface area contributed by atoms with Crippen molar-refractivity contribution in [3.8, 4) is 0 Å². The highest BCUT2D eigenvalue weighted by molar-refractivity contribution is 7.16. The van der Waals surface area contributed by atoms with E-state index in [1.54, 1.807) is 11.3 Å². The zero-order chi connectivity index (χ0) is 11.7. The number of benzene rings is 2. The molecule has 0 bridgehead atoms. The molecule has 1 heterocycles. The van der Waals surface area contributed by atoms with E-state index in [9.17, 15) is 0 Å². The van der Waals surface area contributed by atoms with Gasteiger partial charge in [0, 0.05) is 5.69 Å². The van der Waals surface area contributed by atoms with E-state index in [4.69, 9.17) is 5.73 Å². The molecule has 0 spiro atoms. The van der Waals surface area contributed by atoms with Crippen LogP contribution in [0.2, 0.25) is 0 Å². The first-order valence-electron chi connectivity index (χ1n) is 5.28. The van der Waals surface area contributed by atoms with Crippen LogP contribution in [-0.4, -0.2) is 4.98 Å². The van der Waals surface area contributed by atoms with Crippen LogP contribution in [0.4, 0.5) is 17.1 Å². The lowest BCUT2D eigenvalue weighted by Crippen LogP contribution is -1.96. The fourth-order valence-corrected chi connectivity index (χ4v) is 2.43. The normalized spacial score (nSPS) is 10.6. The monoisotopic (exact) mass is 241 g/mol. The minimum atomic E-state index is 0.701. The van der Waals surface area contributed by atoms with Crippen LogP contribution in [0.25, 0.3) is 10.2 Å². The van der Waals surface area contributed by atoms with Crippen molar-refractivity contribution in [3.05, 3.63) is 48.0 Å². The molecule has 0 unspecified atom stereocenters. The van der Waals surface area contributed by atoms with Crippen molar-refractivity contribution < 1.29 is 0 Å². The molecule has 0 radical (unpaired) electrons. The first-order chi connectivity index (χ1) is 8.34. The predicted molar refractivity (Wildman–Crippen MR) is 73.8 cm³/mol. The minimum absolute atomic E-state index is 0.701. The molecular weight excluding hydrogens is 230 g/mol. The second kappa shape index (κ2) is 4.07. The topological polar surface area (TPSA) is 50.9 Å². The summed E-state index contributed by atoms with van der Waals surface area (Å²) in [5, 5.41) is 3.29. The Hall–Kier alpha value is -2.07. The molecule has 3 rings (SSSR count). The third-order valence-corrected chi connectivity index (χ3v) is 3.39. The van der Waals surface area contributed by atoms with E-state index in [2.05, 4.69) is 10.3 Å². The number of para-hydroxylation sites is 1. The summed E-state index contributed by atoms with van der Waals surface area (Å²) in [6.07, 6.45) is 0. The Labute approximate surface area is 103 Å². The zero-order valence-electron chi connectivity index (χ0n) is 9.05. The molecule has 0 aliphatic carbocycles. The van der Waals surface area contributed by atoms with Crippen LogP contribution in [0, 0.1) is 0 Å². The summed E-state index contributed by atoms with van der Waals surface area (Å²) in [6.45, 7) is 0. The van der Waals surface area contributed by atoms with Crippen molar-refractivity contribution in [2.45, 2.75) is 0 Å². The Morgan fingerprint density at radius 3 is 2.71 bits per heavy atom. The number of rotatable bonds is 2. The fourth-order valence-electron chi connectivity index (χ4n) is 1.74. The summed E-state index contributed by atoms with van der Waals surface area (Å²) in [5.41, 5.74) is 11.4. The number of nitrogens with zero attached hydrogens (tertiary/aromatic N) is 1. The fraction of sp³-hybridized carbons (Fsp3) is 0. The molecule has 84 valence electrons. The van der Waals surface area contributed by atoms with Crippen LogP contribution in [-0.2, 0) is 0 Å².